The Balaban J connectivity index is 1.60. The van der Waals surface area contributed by atoms with Crippen LogP contribution in [0.25, 0.3) is 22.4 Å². The zero-order chi connectivity index (χ0) is 22.0. The SMILES string of the molecule is Cc1noc2nc(-c3ccccc3)cc(C(=O)N(C)CC(=O)Nc3ccc(F)cc3)c12. The third-order valence-corrected chi connectivity index (χ3v) is 4.77. The fourth-order valence-corrected chi connectivity index (χ4v) is 3.25. The van der Waals surface area contributed by atoms with Crippen LogP contribution >= 0.6 is 0 Å². The number of anilines is 1. The second kappa shape index (κ2) is 8.35. The molecule has 0 saturated heterocycles. The van der Waals surface area contributed by atoms with E-state index in [2.05, 4.69) is 15.5 Å². The summed E-state index contributed by atoms with van der Waals surface area (Å²) in [5.41, 5.74) is 2.97. The van der Waals surface area contributed by atoms with E-state index in [4.69, 9.17) is 4.52 Å². The van der Waals surface area contributed by atoms with Crippen LogP contribution in [0.15, 0.2) is 65.2 Å². The molecule has 0 aliphatic rings. The molecular weight excluding hydrogens is 399 g/mol. The fraction of sp³-hybridized carbons (Fsp3) is 0.130. The number of nitrogens with one attached hydrogen (secondary N) is 1. The predicted octanol–water partition coefficient (Wildman–Crippen LogP) is 4.05. The van der Waals surface area contributed by atoms with Crippen molar-refractivity contribution in [3.63, 3.8) is 0 Å². The van der Waals surface area contributed by atoms with Crippen molar-refractivity contribution in [3.8, 4) is 11.3 Å². The lowest BCUT2D eigenvalue weighted by molar-refractivity contribution is -0.116. The first-order valence-electron chi connectivity index (χ1n) is 9.55. The Morgan fingerprint density at radius 1 is 1.10 bits per heavy atom. The van der Waals surface area contributed by atoms with E-state index in [1.165, 1.54) is 36.2 Å². The molecule has 0 atom stereocenters. The molecule has 0 spiro atoms. The molecule has 1 N–H and O–H groups in total. The molecule has 4 rings (SSSR count). The molecule has 0 aliphatic heterocycles. The fourth-order valence-electron chi connectivity index (χ4n) is 3.25. The monoisotopic (exact) mass is 418 g/mol. The molecule has 0 radical (unpaired) electrons. The van der Waals surface area contributed by atoms with Crippen LogP contribution in [-0.4, -0.2) is 40.4 Å². The molecule has 7 nitrogen and oxygen atoms in total. The van der Waals surface area contributed by atoms with Gasteiger partial charge in [0.15, 0.2) is 0 Å². The van der Waals surface area contributed by atoms with Gasteiger partial charge in [-0.15, -0.1) is 0 Å². The largest absolute Gasteiger partial charge is 0.335 e. The molecule has 0 saturated carbocycles. The van der Waals surface area contributed by atoms with Crippen molar-refractivity contribution in [3.05, 3.63) is 77.7 Å². The van der Waals surface area contributed by atoms with Crippen LogP contribution in [0.2, 0.25) is 0 Å². The van der Waals surface area contributed by atoms with Crippen molar-refractivity contribution < 1.29 is 18.5 Å². The molecule has 2 aromatic carbocycles. The summed E-state index contributed by atoms with van der Waals surface area (Å²) in [7, 11) is 1.53. The third-order valence-electron chi connectivity index (χ3n) is 4.77. The van der Waals surface area contributed by atoms with E-state index < -0.39 is 11.7 Å². The first-order chi connectivity index (χ1) is 14.9. The Labute approximate surface area is 177 Å². The van der Waals surface area contributed by atoms with Gasteiger partial charge in [0.2, 0.25) is 5.91 Å². The van der Waals surface area contributed by atoms with Crippen molar-refractivity contribution >= 4 is 28.6 Å². The summed E-state index contributed by atoms with van der Waals surface area (Å²) in [4.78, 5) is 31.4. The van der Waals surface area contributed by atoms with Gasteiger partial charge >= 0.3 is 0 Å². The van der Waals surface area contributed by atoms with Crippen molar-refractivity contribution in [2.45, 2.75) is 6.92 Å². The predicted molar refractivity (Wildman–Crippen MR) is 114 cm³/mol. The highest BCUT2D eigenvalue weighted by Gasteiger charge is 2.23. The second-order valence-corrected chi connectivity index (χ2v) is 7.09. The number of hydrogen-bond donors (Lipinski definition) is 1. The lowest BCUT2D eigenvalue weighted by Gasteiger charge is -2.18. The lowest BCUT2D eigenvalue weighted by atomic mass is 10.0. The van der Waals surface area contributed by atoms with Gasteiger partial charge in [-0.1, -0.05) is 35.5 Å². The number of likely N-dealkylation sites (N-methyl/N-ethyl adjacent to an activating group) is 1. The summed E-state index contributed by atoms with van der Waals surface area (Å²) in [6, 6.07) is 16.5. The van der Waals surface area contributed by atoms with Crippen molar-refractivity contribution in [2.24, 2.45) is 0 Å². The normalized spacial score (nSPS) is 10.8. The molecule has 0 aliphatic carbocycles. The van der Waals surface area contributed by atoms with E-state index in [1.807, 2.05) is 30.3 Å². The van der Waals surface area contributed by atoms with Gasteiger partial charge in [0, 0.05) is 18.3 Å². The summed E-state index contributed by atoms with van der Waals surface area (Å²) in [5, 5.41) is 7.09. The van der Waals surface area contributed by atoms with E-state index in [0.29, 0.717) is 28.0 Å². The molecule has 31 heavy (non-hydrogen) atoms. The smallest absolute Gasteiger partial charge is 0.259 e. The minimum Gasteiger partial charge on any atom is -0.335 e. The first kappa shape index (κ1) is 20.2. The molecule has 8 heteroatoms. The molecule has 2 amide bonds. The third kappa shape index (κ3) is 4.28. The summed E-state index contributed by atoms with van der Waals surface area (Å²) >= 11 is 0. The second-order valence-electron chi connectivity index (χ2n) is 7.09. The van der Waals surface area contributed by atoms with Crippen LogP contribution in [-0.2, 0) is 4.79 Å². The van der Waals surface area contributed by atoms with Crippen LogP contribution < -0.4 is 5.32 Å². The topological polar surface area (TPSA) is 88.3 Å². The molecule has 156 valence electrons. The minimum absolute atomic E-state index is 0.189. The maximum Gasteiger partial charge on any atom is 0.259 e. The standard InChI is InChI=1S/C23H19FN4O3/c1-14-21-18(12-19(26-22(21)31-27-14)15-6-4-3-5-7-15)23(30)28(2)13-20(29)25-17-10-8-16(24)9-11-17/h3-12H,13H2,1-2H3,(H,25,29). The zero-order valence-corrected chi connectivity index (χ0v) is 16.9. The average molecular weight is 418 g/mol. The average Bonchev–Trinajstić information content (AvgIpc) is 3.15. The Kier molecular flexibility index (Phi) is 5.44. The lowest BCUT2D eigenvalue weighted by Crippen LogP contribution is -2.35. The van der Waals surface area contributed by atoms with Crippen molar-refractivity contribution in [2.75, 3.05) is 18.9 Å². The van der Waals surface area contributed by atoms with E-state index >= 15 is 0 Å². The van der Waals surface area contributed by atoms with Gasteiger partial charge in [-0.2, -0.15) is 0 Å². The Morgan fingerprint density at radius 3 is 2.52 bits per heavy atom. The van der Waals surface area contributed by atoms with Gasteiger partial charge in [-0.3, -0.25) is 9.59 Å². The van der Waals surface area contributed by atoms with Crippen LogP contribution in [0.1, 0.15) is 16.1 Å². The number of amides is 2. The van der Waals surface area contributed by atoms with Crippen LogP contribution in [0.5, 0.6) is 0 Å². The van der Waals surface area contributed by atoms with Crippen molar-refractivity contribution in [1.82, 2.24) is 15.0 Å². The number of hydrogen-bond acceptors (Lipinski definition) is 5. The number of halogens is 1. The molecule has 4 aromatic rings. The number of rotatable bonds is 5. The number of aryl methyl sites for hydroxylation is 1. The molecular formula is C23H19FN4O3. The molecule has 0 unspecified atom stereocenters. The number of benzene rings is 2. The highest BCUT2D eigenvalue weighted by molar-refractivity contribution is 6.08. The number of carbonyl (C=O) groups excluding carboxylic acids is 2. The van der Waals surface area contributed by atoms with Crippen LogP contribution in [0.3, 0.4) is 0 Å². The van der Waals surface area contributed by atoms with Gasteiger partial charge in [-0.05, 0) is 37.3 Å². The number of pyridine rings is 1. The minimum atomic E-state index is -0.405. The molecule has 0 fully saturated rings. The zero-order valence-electron chi connectivity index (χ0n) is 16.9. The van der Waals surface area contributed by atoms with E-state index in [9.17, 15) is 14.0 Å². The maximum atomic E-state index is 13.2. The van der Waals surface area contributed by atoms with Gasteiger partial charge in [0.25, 0.3) is 11.6 Å². The first-order valence-corrected chi connectivity index (χ1v) is 9.55. The van der Waals surface area contributed by atoms with Gasteiger partial charge < -0.3 is 14.7 Å². The van der Waals surface area contributed by atoms with E-state index in [-0.39, 0.29) is 18.2 Å². The number of nitrogens with zero attached hydrogens (tertiary/aromatic N) is 3. The summed E-state index contributed by atoms with van der Waals surface area (Å²) < 4.78 is 18.3. The van der Waals surface area contributed by atoms with Crippen LogP contribution in [0, 0.1) is 12.7 Å². The van der Waals surface area contributed by atoms with E-state index in [1.54, 1.807) is 13.0 Å². The number of aromatic nitrogens is 2. The van der Waals surface area contributed by atoms with Crippen LogP contribution in [0.4, 0.5) is 10.1 Å². The summed E-state index contributed by atoms with van der Waals surface area (Å²) in [5.74, 6) is -1.17. The summed E-state index contributed by atoms with van der Waals surface area (Å²) in [6.07, 6.45) is 0. The number of carbonyl (C=O) groups is 2. The highest BCUT2D eigenvalue weighted by Crippen LogP contribution is 2.27. The van der Waals surface area contributed by atoms with Gasteiger partial charge in [0.05, 0.1) is 28.9 Å². The quantitative estimate of drug-likeness (QED) is 0.528. The Morgan fingerprint density at radius 2 is 1.81 bits per heavy atom. The Hall–Kier alpha value is -4.07. The molecule has 2 aromatic heterocycles. The van der Waals surface area contributed by atoms with Gasteiger partial charge in [0.1, 0.15) is 5.82 Å². The summed E-state index contributed by atoms with van der Waals surface area (Å²) in [6.45, 7) is 1.54. The van der Waals surface area contributed by atoms with Gasteiger partial charge in [-0.25, -0.2) is 9.37 Å². The Bertz CT molecular complexity index is 1250. The molecule has 2 heterocycles. The highest BCUT2D eigenvalue weighted by atomic mass is 19.1. The van der Waals surface area contributed by atoms with E-state index in [0.717, 1.165) is 5.56 Å². The molecule has 0 bridgehead atoms. The maximum absolute atomic E-state index is 13.2. The number of fused-ring (bicyclic) bond motifs is 1. The van der Waals surface area contributed by atoms with Crippen molar-refractivity contribution in [1.29, 1.82) is 0 Å².